The lowest BCUT2D eigenvalue weighted by Crippen LogP contribution is -2.44. The second-order valence-corrected chi connectivity index (χ2v) is 8.01. The summed E-state index contributed by atoms with van der Waals surface area (Å²) in [4.78, 5) is 4.86. The summed E-state index contributed by atoms with van der Waals surface area (Å²) in [6.45, 7) is 11.3. The molecular formula is C22H29N2. The maximum atomic E-state index is 3.34. The normalized spacial score (nSPS) is 16.4. The van der Waals surface area contributed by atoms with Gasteiger partial charge in [0, 0.05) is 31.9 Å². The van der Waals surface area contributed by atoms with Crippen molar-refractivity contribution in [2.24, 2.45) is 0 Å². The van der Waals surface area contributed by atoms with Crippen molar-refractivity contribution in [3.05, 3.63) is 65.2 Å². The number of rotatable bonds is 3. The van der Waals surface area contributed by atoms with Gasteiger partial charge in [-0.15, -0.1) is 0 Å². The molecule has 127 valence electrons. The maximum absolute atomic E-state index is 3.34. The standard InChI is InChI=1S/C22H29N2/c1-22(2,3)20-10-8-18(9-11-20)16-19-6-5-7-21(17-19)24-14-12-23(4)13-15-24/h6-11,17H,12-16H2,1-4H3. The van der Waals surface area contributed by atoms with E-state index in [2.05, 4.69) is 86.1 Å². The monoisotopic (exact) mass is 321 g/mol. The van der Waals surface area contributed by atoms with Crippen LogP contribution in [0.1, 0.15) is 37.5 Å². The predicted molar refractivity (Wildman–Crippen MR) is 103 cm³/mol. The van der Waals surface area contributed by atoms with E-state index >= 15 is 0 Å². The van der Waals surface area contributed by atoms with Gasteiger partial charge in [0.2, 0.25) is 0 Å². The highest BCUT2D eigenvalue weighted by atomic mass is 15.2. The fourth-order valence-electron chi connectivity index (χ4n) is 3.21. The summed E-state index contributed by atoms with van der Waals surface area (Å²) in [6, 6.07) is 19.0. The van der Waals surface area contributed by atoms with E-state index in [1.54, 1.807) is 0 Å². The summed E-state index contributed by atoms with van der Waals surface area (Å²) in [5.74, 6) is 0. The van der Waals surface area contributed by atoms with Gasteiger partial charge in [-0.1, -0.05) is 51.1 Å². The third-order valence-corrected chi connectivity index (χ3v) is 4.93. The van der Waals surface area contributed by atoms with Crippen molar-refractivity contribution in [2.75, 3.05) is 38.1 Å². The molecule has 24 heavy (non-hydrogen) atoms. The van der Waals surface area contributed by atoms with E-state index in [1.807, 2.05) is 0 Å². The minimum Gasteiger partial charge on any atom is -0.369 e. The molecule has 0 atom stereocenters. The van der Waals surface area contributed by atoms with Gasteiger partial charge < -0.3 is 9.80 Å². The number of hydrogen-bond donors (Lipinski definition) is 0. The van der Waals surface area contributed by atoms with Crippen LogP contribution in [0.4, 0.5) is 5.69 Å². The number of nitrogens with zero attached hydrogens (tertiary/aromatic N) is 2. The zero-order chi connectivity index (χ0) is 17.2. The first-order valence-corrected chi connectivity index (χ1v) is 8.95. The van der Waals surface area contributed by atoms with E-state index in [1.165, 1.54) is 22.4 Å². The predicted octanol–water partition coefficient (Wildman–Crippen LogP) is 4.13. The van der Waals surface area contributed by atoms with E-state index in [0.29, 0.717) is 0 Å². The lowest BCUT2D eigenvalue weighted by atomic mass is 9.86. The molecule has 0 aliphatic carbocycles. The van der Waals surface area contributed by atoms with Crippen molar-refractivity contribution in [2.45, 2.75) is 32.6 Å². The van der Waals surface area contributed by atoms with E-state index in [4.69, 9.17) is 0 Å². The van der Waals surface area contributed by atoms with E-state index in [9.17, 15) is 0 Å². The molecule has 0 spiro atoms. The van der Waals surface area contributed by atoms with Gasteiger partial charge in [-0.3, -0.25) is 0 Å². The largest absolute Gasteiger partial charge is 0.369 e. The number of benzene rings is 2. The Labute approximate surface area is 147 Å². The van der Waals surface area contributed by atoms with Crippen LogP contribution in [0.3, 0.4) is 0 Å². The second kappa shape index (κ2) is 6.98. The minimum absolute atomic E-state index is 0.216. The molecule has 0 aromatic heterocycles. The van der Waals surface area contributed by atoms with Crippen molar-refractivity contribution in [1.82, 2.24) is 4.90 Å². The number of anilines is 1. The van der Waals surface area contributed by atoms with Crippen LogP contribution in [0, 0.1) is 6.07 Å². The van der Waals surface area contributed by atoms with Gasteiger partial charge in [0.15, 0.2) is 0 Å². The maximum Gasteiger partial charge on any atom is 0.0376 e. The molecule has 1 fully saturated rings. The smallest absolute Gasteiger partial charge is 0.0376 e. The van der Waals surface area contributed by atoms with Crippen LogP contribution in [0.5, 0.6) is 0 Å². The number of piperazine rings is 1. The Balaban J connectivity index is 1.70. The third kappa shape index (κ3) is 4.18. The van der Waals surface area contributed by atoms with Crippen molar-refractivity contribution in [3.8, 4) is 0 Å². The molecule has 3 rings (SSSR count). The molecule has 0 unspecified atom stereocenters. The van der Waals surface area contributed by atoms with Crippen LogP contribution in [-0.4, -0.2) is 38.1 Å². The zero-order valence-electron chi connectivity index (χ0n) is 15.5. The summed E-state index contributed by atoms with van der Waals surface area (Å²) in [7, 11) is 2.20. The Hall–Kier alpha value is -1.80. The molecule has 1 heterocycles. The van der Waals surface area contributed by atoms with Gasteiger partial charge in [-0.05, 0) is 53.8 Å². The Morgan fingerprint density at radius 3 is 2.21 bits per heavy atom. The molecule has 2 nitrogen and oxygen atoms in total. The van der Waals surface area contributed by atoms with Crippen LogP contribution in [0.25, 0.3) is 0 Å². The third-order valence-electron chi connectivity index (χ3n) is 4.93. The van der Waals surface area contributed by atoms with Crippen molar-refractivity contribution < 1.29 is 0 Å². The molecule has 1 aliphatic rings. The van der Waals surface area contributed by atoms with Crippen LogP contribution in [-0.2, 0) is 11.8 Å². The molecule has 0 N–H and O–H groups in total. The Morgan fingerprint density at radius 1 is 0.917 bits per heavy atom. The fourth-order valence-corrected chi connectivity index (χ4v) is 3.21. The van der Waals surface area contributed by atoms with Crippen LogP contribution < -0.4 is 4.90 Å². The van der Waals surface area contributed by atoms with Gasteiger partial charge in [0.05, 0.1) is 0 Å². The average molecular weight is 321 g/mol. The molecule has 1 aliphatic heterocycles. The topological polar surface area (TPSA) is 6.48 Å². The highest BCUT2D eigenvalue weighted by molar-refractivity contribution is 5.49. The Bertz CT molecular complexity index is 659. The van der Waals surface area contributed by atoms with Gasteiger partial charge in [-0.25, -0.2) is 0 Å². The molecule has 2 aromatic rings. The summed E-state index contributed by atoms with van der Waals surface area (Å²) < 4.78 is 0. The fraction of sp³-hybridized carbons (Fsp3) is 0.455. The molecule has 2 aromatic carbocycles. The molecular weight excluding hydrogens is 292 g/mol. The SMILES string of the molecule is CN1CCN(c2c[c]cc(Cc3ccc(C(C)(C)C)cc3)c2)CC1. The second-order valence-electron chi connectivity index (χ2n) is 8.01. The van der Waals surface area contributed by atoms with Gasteiger partial charge in [0.25, 0.3) is 0 Å². The van der Waals surface area contributed by atoms with Crippen LogP contribution in [0.15, 0.2) is 42.5 Å². The molecule has 1 radical (unpaired) electrons. The zero-order valence-corrected chi connectivity index (χ0v) is 15.5. The quantitative estimate of drug-likeness (QED) is 0.839. The van der Waals surface area contributed by atoms with Crippen molar-refractivity contribution >= 4 is 5.69 Å². The summed E-state index contributed by atoms with van der Waals surface area (Å²) >= 11 is 0. The molecule has 1 saturated heterocycles. The molecule has 0 saturated carbocycles. The Morgan fingerprint density at radius 2 is 1.58 bits per heavy atom. The van der Waals surface area contributed by atoms with Crippen LogP contribution >= 0.6 is 0 Å². The highest BCUT2D eigenvalue weighted by Crippen LogP contribution is 2.24. The number of likely N-dealkylation sites (N-methyl/N-ethyl adjacent to an activating group) is 1. The summed E-state index contributed by atoms with van der Waals surface area (Å²) in [6.07, 6.45) is 0.975. The van der Waals surface area contributed by atoms with Crippen molar-refractivity contribution in [3.63, 3.8) is 0 Å². The van der Waals surface area contributed by atoms with Gasteiger partial charge in [0.1, 0.15) is 0 Å². The van der Waals surface area contributed by atoms with E-state index in [-0.39, 0.29) is 5.41 Å². The molecule has 0 bridgehead atoms. The van der Waals surface area contributed by atoms with Gasteiger partial charge >= 0.3 is 0 Å². The molecule has 0 amide bonds. The van der Waals surface area contributed by atoms with Crippen LogP contribution in [0.2, 0.25) is 0 Å². The summed E-state index contributed by atoms with van der Waals surface area (Å²) in [5, 5.41) is 0. The van der Waals surface area contributed by atoms with E-state index in [0.717, 1.165) is 32.6 Å². The van der Waals surface area contributed by atoms with E-state index < -0.39 is 0 Å². The lowest BCUT2D eigenvalue weighted by molar-refractivity contribution is 0.313. The highest BCUT2D eigenvalue weighted by Gasteiger charge is 2.15. The first kappa shape index (κ1) is 17.0. The van der Waals surface area contributed by atoms with Crippen molar-refractivity contribution in [1.29, 1.82) is 0 Å². The average Bonchev–Trinajstić information content (AvgIpc) is 2.55. The first-order valence-electron chi connectivity index (χ1n) is 8.95. The number of hydrogen-bond acceptors (Lipinski definition) is 2. The Kier molecular flexibility index (Phi) is 4.96. The minimum atomic E-state index is 0.216. The lowest BCUT2D eigenvalue weighted by Gasteiger charge is -2.34. The summed E-state index contributed by atoms with van der Waals surface area (Å²) in [5.41, 5.74) is 5.63. The molecule has 2 heteroatoms. The first-order chi connectivity index (χ1) is 11.4. The van der Waals surface area contributed by atoms with Gasteiger partial charge in [-0.2, -0.15) is 0 Å².